The standard InChI is InChI=1S/C17H26N4OS/c1-11-12(2)23-17-16(18-13(3)21(11)17)14-6-8-20(9-7-14)15(22)10-19(4)5/h14H,6-10H2,1-5H3. The fourth-order valence-electron chi connectivity index (χ4n) is 3.44. The zero-order valence-corrected chi connectivity index (χ0v) is 15.5. The Balaban J connectivity index is 1.76. The van der Waals surface area contributed by atoms with Crippen molar-refractivity contribution in [2.75, 3.05) is 33.7 Å². The lowest BCUT2D eigenvalue weighted by Gasteiger charge is -2.32. The second-order valence-corrected chi connectivity index (χ2v) is 8.02. The highest BCUT2D eigenvalue weighted by Crippen LogP contribution is 2.35. The highest BCUT2D eigenvalue weighted by molar-refractivity contribution is 7.17. The van der Waals surface area contributed by atoms with Crippen molar-refractivity contribution in [2.45, 2.75) is 39.5 Å². The molecule has 0 spiro atoms. The van der Waals surface area contributed by atoms with Crippen LogP contribution in [0.3, 0.4) is 0 Å². The second-order valence-electron chi connectivity index (χ2n) is 6.82. The van der Waals surface area contributed by atoms with E-state index < -0.39 is 0 Å². The SMILES string of the molecule is Cc1sc2c(C3CCN(C(=O)CN(C)C)CC3)nc(C)n2c1C. The minimum atomic E-state index is 0.238. The average Bonchev–Trinajstić information content (AvgIpc) is 2.97. The molecule has 0 unspecified atom stereocenters. The van der Waals surface area contributed by atoms with Gasteiger partial charge in [0.25, 0.3) is 0 Å². The summed E-state index contributed by atoms with van der Waals surface area (Å²) in [5.74, 6) is 1.80. The Kier molecular flexibility index (Phi) is 4.47. The molecule has 0 saturated carbocycles. The van der Waals surface area contributed by atoms with Gasteiger partial charge in [0.2, 0.25) is 5.91 Å². The van der Waals surface area contributed by atoms with Gasteiger partial charge in [-0.05, 0) is 47.7 Å². The Bertz CT molecular complexity index is 723. The number of likely N-dealkylation sites (tertiary alicyclic amines) is 1. The van der Waals surface area contributed by atoms with Crippen molar-refractivity contribution in [1.29, 1.82) is 0 Å². The molecule has 3 heterocycles. The monoisotopic (exact) mass is 334 g/mol. The minimum Gasteiger partial charge on any atom is -0.342 e. The third-order valence-corrected chi connectivity index (χ3v) is 6.00. The molecule has 6 heteroatoms. The highest BCUT2D eigenvalue weighted by Gasteiger charge is 2.28. The van der Waals surface area contributed by atoms with Crippen LogP contribution in [0.5, 0.6) is 0 Å². The lowest BCUT2D eigenvalue weighted by molar-refractivity contribution is -0.132. The number of fused-ring (bicyclic) bond motifs is 1. The largest absolute Gasteiger partial charge is 0.342 e. The van der Waals surface area contributed by atoms with Crippen LogP contribution in [0.25, 0.3) is 4.83 Å². The molecule has 5 nitrogen and oxygen atoms in total. The Morgan fingerprint density at radius 2 is 1.91 bits per heavy atom. The predicted octanol–water partition coefficient (Wildman–Crippen LogP) is 2.59. The number of hydrogen-bond acceptors (Lipinski definition) is 4. The first-order valence-electron chi connectivity index (χ1n) is 8.26. The molecule has 0 radical (unpaired) electrons. The van der Waals surface area contributed by atoms with Gasteiger partial charge in [-0.2, -0.15) is 0 Å². The number of nitrogens with zero attached hydrogens (tertiary/aromatic N) is 4. The normalized spacial score (nSPS) is 16.7. The quantitative estimate of drug-likeness (QED) is 0.866. The van der Waals surface area contributed by atoms with Crippen molar-refractivity contribution in [1.82, 2.24) is 19.2 Å². The lowest BCUT2D eigenvalue weighted by atomic mass is 9.94. The topological polar surface area (TPSA) is 40.9 Å². The van der Waals surface area contributed by atoms with E-state index in [9.17, 15) is 4.79 Å². The van der Waals surface area contributed by atoms with E-state index in [2.05, 4.69) is 25.2 Å². The number of thiazole rings is 1. The first kappa shape index (κ1) is 16.5. The Labute approximate surface area is 141 Å². The summed E-state index contributed by atoms with van der Waals surface area (Å²) in [5, 5.41) is 0. The van der Waals surface area contributed by atoms with E-state index in [-0.39, 0.29) is 5.91 Å². The van der Waals surface area contributed by atoms with Crippen LogP contribution in [0.4, 0.5) is 0 Å². The van der Waals surface area contributed by atoms with Crippen molar-refractivity contribution >= 4 is 22.1 Å². The van der Waals surface area contributed by atoms with E-state index in [1.54, 1.807) is 0 Å². The molecule has 0 atom stereocenters. The molecule has 2 aromatic heterocycles. The maximum absolute atomic E-state index is 12.2. The maximum Gasteiger partial charge on any atom is 0.236 e. The Hall–Kier alpha value is -1.40. The lowest BCUT2D eigenvalue weighted by Crippen LogP contribution is -2.42. The first-order valence-corrected chi connectivity index (χ1v) is 9.07. The molecule has 0 aromatic carbocycles. The molecule has 1 fully saturated rings. The number of likely N-dealkylation sites (N-methyl/N-ethyl adjacent to an activating group) is 1. The number of aryl methyl sites for hydroxylation is 3. The summed E-state index contributed by atoms with van der Waals surface area (Å²) in [6.45, 7) is 8.63. The smallest absolute Gasteiger partial charge is 0.236 e. The number of imidazole rings is 1. The van der Waals surface area contributed by atoms with Crippen LogP contribution in [-0.2, 0) is 4.79 Å². The Morgan fingerprint density at radius 3 is 2.52 bits per heavy atom. The van der Waals surface area contributed by atoms with Gasteiger partial charge in [0.15, 0.2) is 0 Å². The van der Waals surface area contributed by atoms with Crippen LogP contribution < -0.4 is 0 Å². The summed E-state index contributed by atoms with van der Waals surface area (Å²) in [7, 11) is 3.88. The molecule has 2 aromatic rings. The van der Waals surface area contributed by atoms with E-state index in [0.29, 0.717) is 12.5 Å². The van der Waals surface area contributed by atoms with Crippen LogP contribution >= 0.6 is 11.3 Å². The number of amides is 1. The molecule has 1 aliphatic heterocycles. The fraction of sp³-hybridized carbons (Fsp3) is 0.647. The Morgan fingerprint density at radius 1 is 1.26 bits per heavy atom. The second kappa shape index (κ2) is 6.24. The molecule has 1 amide bonds. The zero-order valence-electron chi connectivity index (χ0n) is 14.7. The summed E-state index contributed by atoms with van der Waals surface area (Å²) in [4.78, 5) is 23.6. The van der Waals surface area contributed by atoms with Crippen LogP contribution in [0.2, 0.25) is 0 Å². The molecular formula is C17H26N4OS. The van der Waals surface area contributed by atoms with Crippen LogP contribution in [0.1, 0.15) is 40.8 Å². The third kappa shape index (κ3) is 3.02. The van der Waals surface area contributed by atoms with Gasteiger partial charge in [0, 0.05) is 29.6 Å². The van der Waals surface area contributed by atoms with E-state index >= 15 is 0 Å². The van der Waals surface area contributed by atoms with Crippen LogP contribution in [0, 0.1) is 20.8 Å². The van der Waals surface area contributed by atoms with Crippen molar-refractivity contribution in [3.05, 3.63) is 22.1 Å². The first-order chi connectivity index (χ1) is 10.9. The number of rotatable bonds is 3. The van der Waals surface area contributed by atoms with Gasteiger partial charge >= 0.3 is 0 Å². The summed E-state index contributed by atoms with van der Waals surface area (Å²) in [5.41, 5.74) is 2.54. The van der Waals surface area contributed by atoms with Gasteiger partial charge in [-0.15, -0.1) is 11.3 Å². The number of carbonyl (C=O) groups is 1. The molecule has 126 valence electrons. The summed E-state index contributed by atoms with van der Waals surface area (Å²) in [6, 6.07) is 0. The van der Waals surface area contributed by atoms with Crippen LogP contribution in [0.15, 0.2) is 0 Å². The molecule has 23 heavy (non-hydrogen) atoms. The van der Waals surface area contributed by atoms with E-state index in [1.165, 1.54) is 21.1 Å². The molecule has 1 aliphatic rings. The average molecular weight is 334 g/mol. The van der Waals surface area contributed by atoms with E-state index in [0.717, 1.165) is 31.8 Å². The van der Waals surface area contributed by atoms with E-state index in [4.69, 9.17) is 4.98 Å². The summed E-state index contributed by atoms with van der Waals surface area (Å²) in [6.07, 6.45) is 2.03. The summed E-state index contributed by atoms with van der Waals surface area (Å²) < 4.78 is 2.29. The number of hydrogen-bond donors (Lipinski definition) is 0. The maximum atomic E-state index is 12.2. The molecule has 3 rings (SSSR count). The van der Waals surface area contributed by atoms with E-state index in [1.807, 2.05) is 35.2 Å². The molecule has 0 aliphatic carbocycles. The van der Waals surface area contributed by atoms with Crippen LogP contribution in [-0.4, -0.2) is 58.8 Å². The van der Waals surface area contributed by atoms with Crippen molar-refractivity contribution in [3.63, 3.8) is 0 Å². The molecule has 0 bridgehead atoms. The van der Waals surface area contributed by atoms with Gasteiger partial charge in [0.05, 0.1) is 12.2 Å². The molecule has 0 N–H and O–H groups in total. The van der Waals surface area contributed by atoms with Gasteiger partial charge < -0.3 is 9.80 Å². The van der Waals surface area contributed by atoms with Gasteiger partial charge in [-0.1, -0.05) is 0 Å². The minimum absolute atomic E-state index is 0.238. The van der Waals surface area contributed by atoms with Gasteiger partial charge in [0.1, 0.15) is 10.7 Å². The summed E-state index contributed by atoms with van der Waals surface area (Å²) >= 11 is 1.85. The number of aromatic nitrogens is 2. The number of carbonyl (C=O) groups excluding carboxylic acids is 1. The third-order valence-electron chi connectivity index (χ3n) is 4.81. The molecular weight excluding hydrogens is 308 g/mol. The fourth-order valence-corrected chi connectivity index (χ4v) is 4.65. The van der Waals surface area contributed by atoms with Crippen molar-refractivity contribution in [2.24, 2.45) is 0 Å². The molecule has 1 saturated heterocycles. The highest BCUT2D eigenvalue weighted by atomic mass is 32.1. The number of piperidine rings is 1. The zero-order chi connectivity index (χ0) is 16.7. The van der Waals surface area contributed by atoms with Gasteiger partial charge in [-0.3, -0.25) is 9.20 Å². The van der Waals surface area contributed by atoms with Crippen molar-refractivity contribution in [3.8, 4) is 0 Å². The van der Waals surface area contributed by atoms with Gasteiger partial charge in [-0.25, -0.2) is 4.98 Å². The predicted molar refractivity (Wildman–Crippen MR) is 94.4 cm³/mol. The van der Waals surface area contributed by atoms with Crippen molar-refractivity contribution < 1.29 is 4.79 Å².